The van der Waals surface area contributed by atoms with Crippen molar-refractivity contribution in [2.75, 3.05) is 11.9 Å². The Morgan fingerprint density at radius 1 is 0.971 bits per heavy atom. The predicted octanol–water partition coefficient (Wildman–Crippen LogP) is 6.25. The van der Waals surface area contributed by atoms with Crippen LogP contribution in [0.5, 0.6) is 5.75 Å². The molecule has 172 valence electrons. The third kappa shape index (κ3) is 5.80. The predicted molar refractivity (Wildman–Crippen MR) is 135 cm³/mol. The molecule has 1 saturated heterocycles. The zero-order chi connectivity index (χ0) is 24.1. The molecule has 0 bridgehead atoms. The van der Waals surface area contributed by atoms with Gasteiger partial charge in [-0.1, -0.05) is 59.6 Å². The number of thioether (sulfide) groups is 1. The average molecular weight is 513 g/mol. The first-order chi connectivity index (χ1) is 16.4. The Bertz CT molecular complexity index is 1260. The lowest BCUT2D eigenvalue weighted by atomic mass is 10.2. The fourth-order valence-electron chi connectivity index (χ4n) is 3.19. The highest BCUT2D eigenvalue weighted by Crippen LogP contribution is 2.35. The SMILES string of the molecule is O=C(COc1cccc(/C=C2\SC(=O)N(Cc3c(Cl)cccc3Cl)C2=O)c1)Nc1ccccc1. The maximum atomic E-state index is 12.9. The average Bonchev–Trinajstić information content (AvgIpc) is 3.08. The molecule has 0 aliphatic carbocycles. The van der Waals surface area contributed by atoms with Gasteiger partial charge in [-0.25, -0.2) is 0 Å². The first kappa shape index (κ1) is 23.9. The number of hydrogen-bond donors (Lipinski definition) is 1. The highest BCUT2D eigenvalue weighted by molar-refractivity contribution is 8.18. The van der Waals surface area contributed by atoms with Gasteiger partial charge in [-0.3, -0.25) is 19.3 Å². The molecule has 3 aromatic rings. The van der Waals surface area contributed by atoms with E-state index >= 15 is 0 Å². The summed E-state index contributed by atoms with van der Waals surface area (Å²) in [7, 11) is 0. The number of benzene rings is 3. The molecule has 4 rings (SSSR count). The van der Waals surface area contributed by atoms with E-state index in [-0.39, 0.29) is 24.0 Å². The zero-order valence-electron chi connectivity index (χ0n) is 17.7. The number of halogens is 2. The summed E-state index contributed by atoms with van der Waals surface area (Å²) in [4.78, 5) is 38.8. The first-order valence-corrected chi connectivity index (χ1v) is 11.7. The summed E-state index contributed by atoms with van der Waals surface area (Å²) in [6.45, 7) is -0.187. The van der Waals surface area contributed by atoms with Gasteiger partial charge in [0.1, 0.15) is 5.75 Å². The molecule has 0 spiro atoms. The van der Waals surface area contributed by atoms with E-state index < -0.39 is 11.1 Å². The summed E-state index contributed by atoms with van der Waals surface area (Å²) in [5.41, 5.74) is 1.85. The number of imide groups is 1. The van der Waals surface area contributed by atoms with Crippen molar-refractivity contribution in [1.29, 1.82) is 0 Å². The molecular weight excluding hydrogens is 495 g/mol. The van der Waals surface area contributed by atoms with Gasteiger partial charge >= 0.3 is 0 Å². The second kappa shape index (κ2) is 10.8. The maximum Gasteiger partial charge on any atom is 0.293 e. The number of para-hydroxylation sites is 1. The standard InChI is InChI=1S/C25H18Cl2N2O4S/c26-20-10-5-11-21(27)19(20)14-29-24(31)22(34-25(29)32)13-16-6-4-9-18(12-16)33-15-23(30)28-17-7-2-1-3-8-17/h1-13H,14-15H2,(H,28,30)/b22-13-. The number of amides is 3. The normalized spacial score (nSPS) is 14.5. The summed E-state index contributed by atoms with van der Waals surface area (Å²) in [6.07, 6.45) is 1.61. The van der Waals surface area contributed by atoms with Crippen molar-refractivity contribution in [2.45, 2.75) is 6.54 Å². The van der Waals surface area contributed by atoms with Crippen LogP contribution in [0.1, 0.15) is 11.1 Å². The van der Waals surface area contributed by atoms with Gasteiger partial charge < -0.3 is 10.1 Å². The molecule has 1 heterocycles. The van der Waals surface area contributed by atoms with E-state index in [1.54, 1.807) is 60.7 Å². The second-order valence-corrected chi connectivity index (χ2v) is 9.05. The zero-order valence-corrected chi connectivity index (χ0v) is 20.0. The lowest BCUT2D eigenvalue weighted by molar-refractivity contribution is -0.123. The molecule has 0 unspecified atom stereocenters. The Kier molecular flexibility index (Phi) is 7.57. The Balaban J connectivity index is 1.42. The summed E-state index contributed by atoms with van der Waals surface area (Å²) in [6, 6.07) is 21.0. The van der Waals surface area contributed by atoms with E-state index in [2.05, 4.69) is 5.32 Å². The molecule has 1 aliphatic rings. The topological polar surface area (TPSA) is 75.7 Å². The number of ether oxygens (including phenoxy) is 1. The van der Waals surface area contributed by atoms with Gasteiger partial charge in [-0.05, 0) is 59.8 Å². The third-order valence-electron chi connectivity index (χ3n) is 4.83. The van der Waals surface area contributed by atoms with Crippen molar-refractivity contribution < 1.29 is 19.1 Å². The van der Waals surface area contributed by atoms with Crippen molar-refractivity contribution >= 4 is 63.8 Å². The molecule has 0 saturated carbocycles. The van der Waals surface area contributed by atoms with E-state index in [9.17, 15) is 14.4 Å². The second-order valence-electron chi connectivity index (χ2n) is 7.24. The maximum absolute atomic E-state index is 12.9. The number of rotatable bonds is 7. The van der Waals surface area contributed by atoms with E-state index in [1.165, 1.54) is 0 Å². The highest BCUT2D eigenvalue weighted by atomic mass is 35.5. The van der Waals surface area contributed by atoms with Crippen LogP contribution in [-0.2, 0) is 16.1 Å². The van der Waals surface area contributed by atoms with E-state index in [0.717, 1.165) is 16.7 Å². The van der Waals surface area contributed by atoms with Crippen LogP contribution < -0.4 is 10.1 Å². The van der Waals surface area contributed by atoms with Gasteiger partial charge in [0.2, 0.25) is 0 Å². The Hall–Kier alpha value is -3.26. The summed E-state index contributed by atoms with van der Waals surface area (Å²) in [5, 5.41) is 3.11. The number of hydrogen-bond acceptors (Lipinski definition) is 5. The van der Waals surface area contributed by atoms with Gasteiger partial charge in [0.05, 0.1) is 11.4 Å². The molecule has 0 aromatic heterocycles. The minimum atomic E-state index is -0.431. The minimum absolute atomic E-state index is 0.0137. The number of nitrogens with zero attached hydrogens (tertiary/aromatic N) is 1. The quantitative estimate of drug-likeness (QED) is 0.378. The van der Waals surface area contributed by atoms with Crippen LogP contribution >= 0.6 is 35.0 Å². The molecule has 9 heteroatoms. The molecule has 6 nitrogen and oxygen atoms in total. The van der Waals surface area contributed by atoms with Crippen molar-refractivity contribution in [3.63, 3.8) is 0 Å². The Labute approximate surface area is 210 Å². The van der Waals surface area contributed by atoms with Crippen LogP contribution in [0.3, 0.4) is 0 Å². The van der Waals surface area contributed by atoms with Crippen LogP contribution in [0.25, 0.3) is 6.08 Å². The molecule has 0 atom stereocenters. The molecule has 1 fully saturated rings. The molecular formula is C25H18Cl2N2O4S. The Morgan fingerprint density at radius 3 is 2.41 bits per heavy atom. The van der Waals surface area contributed by atoms with E-state index in [0.29, 0.717) is 32.6 Å². The molecule has 34 heavy (non-hydrogen) atoms. The molecule has 1 N–H and O–H groups in total. The Morgan fingerprint density at radius 2 is 1.68 bits per heavy atom. The van der Waals surface area contributed by atoms with Gasteiger partial charge in [0.15, 0.2) is 6.61 Å². The minimum Gasteiger partial charge on any atom is -0.484 e. The number of carbonyl (C=O) groups excluding carboxylic acids is 3. The fourth-order valence-corrected chi connectivity index (χ4v) is 4.55. The summed E-state index contributed by atoms with van der Waals surface area (Å²) >= 11 is 13.2. The molecule has 3 amide bonds. The monoisotopic (exact) mass is 512 g/mol. The smallest absolute Gasteiger partial charge is 0.293 e. The van der Waals surface area contributed by atoms with Crippen LogP contribution in [0.4, 0.5) is 10.5 Å². The van der Waals surface area contributed by atoms with E-state index in [4.69, 9.17) is 27.9 Å². The number of nitrogens with one attached hydrogen (secondary N) is 1. The van der Waals surface area contributed by atoms with E-state index in [1.807, 2.05) is 18.2 Å². The van der Waals surface area contributed by atoms with Crippen LogP contribution in [0.15, 0.2) is 77.7 Å². The third-order valence-corrected chi connectivity index (χ3v) is 6.45. The van der Waals surface area contributed by atoms with Crippen molar-refractivity contribution in [2.24, 2.45) is 0 Å². The highest BCUT2D eigenvalue weighted by Gasteiger charge is 2.35. The molecule has 1 aliphatic heterocycles. The molecule has 3 aromatic carbocycles. The lowest BCUT2D eigenvalue weighted by Crippen LogP contribution is -2.27. The first-order valence-electron chi connectivity index (χ1n) is 10.2. The van der Waals surface area contributed by atoms with Crippen molar-refractivity contribution in [3.8, 4) is 5.75 Å². The summed E-state index contributed by atoms with van der Waals surface area (Å²) < 4.78 is 5.58. The van der Waals surface area contributed by atoms with Gasteiger partial charge in [0.25, 0.3) is 17.1 Å². The van der Waals surface area contributed by atoms with Gasteiger partial charge in [0, 0.05) is 21.3 Å². The summed E-state index contributed by atoms with van der Waals surface area (Å²) in [5.74, 6) is -0.269. The number of anilines is 1. The molecule has 0 radical (unpaired) electrons. The van der Waals surface area contributed by atoms with Crippen LogP contribution in [0, 0.1) is 0 Å². The number of carbonyl (C=O) groups is 3. The van der Waals surface area contributed by atoms with Crippen molar-refractivity contribution in [1.82, 2.24) is 4.90 Å². The van der Waals surface area contributed by atoms with Gasteiger partial charge in [-0.2, -0.15) is 0 Å². The fraction of sp³-hybridized carbons (Fsp3) is 0.0800. The lowest BCUT2D eigenvalue weighted by Gasteiger charge is -2.14. The largest absolute Gasteiger partial charge is 0.484 e. The van der Waals surface area contributed by atoms with Crippen LogP contribution in [0.2, 0.25) is 10.0 Å². The van der Waals surface area contributed by atoms with Crippen molar-refractivity contribution in [3.05, 3.63) is 98.9 Å². The van der Waals surface area contributed by atoms with Crippen LogP contribution in [-0.4, -0.2) is 28.6 Å². The van der Waals surface area contributed by atoms with Gasteiger partial charge in [-0.15, -0.1) is 0 Å².